The summed E-state index contributed by atoms with van der Waals surface area (Å²) in [6, 6.07) is 3.94. The van der Waals surface area contributed by atoms with Crippen molar-refractivity contribution in [2.75, 3.05) is 42.6 Å². The third kappa shape index (κ3) is 5.17. The molecule has 0 unspecified atom stereocenters. The van der Waals surface area contributed by atoms with E-state index in [0.717, 1.165) is 23.4 Å². The van der Waals surface area contributed by atoms with Crippen molar-refractivity contribution in [1.82, 2.24) is 9.88 Å². The Hall–Kier alpha value is -1.28. The number of anilines is 1. The van der Waals surface area contributed by atoms with E-state index in [-0.39, 0.29) is 17.6 Å². The van der Waals surface area contributed by atoms with Crippen LogP contribution in [0.2, 0.25) is 0 Å². The summed E-state index contributed by atoms with van der Waals surface area (Å²) in [5.74, 6) is 1.65. The lowest BCUT2D eigenvalue weighted by Crippen LogP contribution is -2.49. The zero-order chi connectivity index (χ0) is 15.9. The molecule has 0 spiro atoms. The van der Waals surface area contributed by atoms with Crippen molar-refractivity contribution in [3.8, 4) is 0 Å². The molecule has 2 amide bonds. The number of aromatic nitrogens is 1. The molecule has 6 nitrogen and oxygen atoms in total. The molecule has 2 N–H and O–H groups in total. The van der Waals surface area contributed by atoms with E-state index in [1.54, 1.807) is 6.20 Å². The van der Waals surface area contributed by atoms with Crippen molar-refractivity contribution in [2.24, 2.45) is 5.73 Å². The number of piperazine rings is 1. The van der Waals surface area contributed by atoms with Crippen LogP contribution in [0.3, 0.4) is 0 Å². The molecule has 0 radical (unpaired) electrons. The summed E-state index contributed by atoms with van der Waals surface area (Å²) in [7, 11) is 0. The minimum atomic E-state index is -0.340. The third-order valence-electron chi connectivity index (χ3n) is 3.37. The highest BCUT2D eigenvalue weighted by Gasteiger charge is 2.21. The highest BCUT2D eigenvalue weighted by Crippen LogP contribution is 2.17. The van der Waals surface area contributed by atoms with Gasteiger partial charge in [-0.2, -0.15) is 11.8 Å². The molecule has 22 heavy (non-hydrogen) atoms. The first-order chi connectivity index (χ1) is 10.6. The van der Waals surface area contributed by atoms with Crippen LogP contribution >= 0.6 is 27.7 Å². The molecular formula is C14H19BrN4O2S. The van der Waals surface area contributed by atoms with E-state index in [1.807, 2.05) is 17.0 Å². The number of rotatable bonds is 6. The maximum atomic E-state index is 12.1. The molecule has 0 saturated carbocycles. The normalized spacial score (nSPS) is 15.0. The Morgan fingerprint density at radius 3 is 2.59 bits per heavy atom. The molecule has 2 heterocycles. The molecule has 1 aliphatic heterocycles. The fraction of sp³-hybridized carbons (Fsp3) is 0.500. The molecule has 2 rings (SSSR count). The second-order valence-corrected chi connectivity index (χ2v) is 6.99. The third-order valence-corrected chi connectivity index (χ3v) is 4.82. The highest BCUT2D eigenvalue weighted by atomic mass is 79.9. The zero-order valence-electron chi connectivity index (χ0n) is 12.2. The van der Waals surface area contributed by atoms with Crippen LogP contribution in [0.1, 0.15) is 6.42 Å². The largest absolute Gasteiger partial charge is 0.369 e. The molecule has 0 aromatic carbocycles. The molecule has 120 valence electrons. The summed E-state index contributed by atoms with van der Waals surface area (Å²) in [6.45, 7) is 2.98. The lowest BCUT2D eigenvalue weighted by atomic mass is 10.3. The van der Waals surface area contributed by atoms with Gasteiger partial charge in [0.25, 0.3) is 0 Å². The number of hydrogen-bond donors (Lipinski definition) is 1. The van der Waals surface area contributed by atoms with Crippen LogP contribution in [0, 0.1) is 0 Å². The number of halogens is 1. The van der Waals surface area contributed by atoms with Crippen LogP contribution < -0.4 is 10.6 Å². The molecule has 1 aliphatic rings. The predicted octanol–water partition coefficient (Wildman–Crippen LogP) is 1.10. The van der Waals surface area contributed by atoms with Gasteiger partial charge in [0, 0.05) is 49.0 Å². The van der Waals surface area contributed by atoms with E-state index in [4.69, 9.17) is 5.73 Å². The standard InChI is InChI=1S/C14H19BrN4O2S/c15-11-1-2-13(17-9-11)18-4-6-19(7-5-18)14(21)3-8-22-10-12(16)20/h1-2,9H,3-8,10H2,(H2,16,20). The quantitative estimate of drug-likeness (QED) is 0.740. The number of amides is 2. The molecule has 1 saturated heterocycles. The summed E-state index contributed by atoms with van der Waals surface area (Å²) in [4.78, 5) is 31.1. The van der Waals surface area contributed by atoms with E-state index in [2.05, 4.69) is 25.8 Å². The fourth-order valence-electron chi connectivity index (χ4n) is 2.23. The van der Waals surface area contributed by atoms with E-state index in [1.165, 1.54) is 11.8 Å². The Kier molecular flexibility index (Phi) is 6.50. The molecular weight excluding hydrogens is 368 g/mol. The number of primary amides is 1. The van der Waals surface area contributed by atoms with Crippen LogP contribution in [0.15, 0.2) is 22.8 Å². The first-order valence-electron chi connectivity index (χ1n) is 7.06. The van der Waals surface area contributed by atoms with Gasteiger partial charge in [-0.25, -0.2) is 4.98 Å². The van der Waals surface area contributed by atoms with Crippen molar-refractivity contribution < 1.29 is 9.59 Å². The first-order valence-corrected chi connectivity index (χ1v) is 9.01. The van der Waals surface area contributed by atoms with E-state index in [0.29, 0.717) is 25.3 Å². The monoisotopic (exact) mass is 386 g/mol. The van der Waals surface area contributed by atoms with Gasteiger partial charge in [0.1, 0.15) is 5.82 Å². The molecule has 0 atom stereocenters. The molecule has 1 aromatic heterocycles. The zero-order valence-corrected chi connectivity index (χ0v) is 14.6. The van der Waals surface area contributed by atoms with Crippen LogP contribution in [0.25, 0.3) is 0 Å². The topological polar surface area (TPSA) is 79.5 Å². The number of pyridine rings is 1. The van der Waals surface area contributed by atoms with E-state index in [9.17, 15) is 9.59 Å². The Morgan fingerprint density at radius 1 is 1.27 bits per heavy atom. The highest BCUT2D eigenvalue weighted by molar-refractivity contribution is 9.10. The summed E-state index contributed by atoms with van der Waals surface area (Å²) >= 11 is 4.78. The van der Waals surface area contributed by atoms with Crippen molar-refractivity contribution >= 4 is 45.3 Å². The van der Waals surface area contributed by atoms with E-state index >= 15 is 0 Å². The van der Waals surface area contributed by atoms with Crippen molar-refractivity contribution in [2.45, 2.75) is 6.42 Å². The van der Waals surface area contributed by atoms with Crippen LogP contribution in [0.5, 0.6) is 0 Å². The number of carbonyl (C=O) groups excluding carboxylic acids is 2. The molecule has 1 fully saturated rings. The molecule has 1 aromatic rings. The van der Waals surface area contributed by atoms with Gasteiger partial charge in [-0.05, 0) is 28.1 Å². The number of nitrogens with zero attached hydrogens (tertiary/aromatic N) is 3. The average molecular weight is 387 g/mol. The minimum Gasteiger partial charge on any atom is -0.369 e. The van der Waals surface area contributed by atoms with Gasteiger partial charge < -0.3 is 15.5 Å². The summed E-state index contributed by atoms with van der Waals surface area (Å²) in [5.41, 5.74) is 5.06. The van der Waals surface area contributed by atoms with Gasteiger partial charge in [-0.1, -0.05) is 0 Å². The van der Waals surface area contributed by atoms with Gasteiger partial charge in [-0.15, -0.1) is 0 Å². The van der Waals surface area contributed by atoms with Gasteiger partial charge in [0.05, 0.1) is 5.75 Å². The summed E-state index contributed by atoms with van der Waals surface area (Å²) in [6.07, 6.45) is 2.23. The molecule has 0 aliphatic carbocycles. The maximum Gasteiger partial charge on any atom is 0.227 e. The van der Waals surface area contributed by atoms with Gasteiger partial charge >= 0.3 is 0 Å². The number of thioether (sulfide) groups is 1. The summed E-state index contributed by atoms with van der Waals surface area (Å²) < 4.78 is 0.957. The summed E-state index contributed by atoms with van der Waals surface area (Å²) in [5, 5.41) is 0. The van der Waals surface area contributed by atoms with Crippen LogP contribution in [-0.2, 0) is 9.59 Å². The van der Waals surface area contributed by atoms with Crippen LogP contribution in [0.4, 0.5) is 5.82 Å². The second-order valence-electron chi connectivity index (χ2n) is 4.97. The van der Waals surface area contributed by atoms with Crippen molar-refractivity contribution in [3.05, 3.63) is 22.8 Å². The SMILES string of the molecule is NC(=O)CSCCC(=O)N1CCN(c2ccc(Br)cn2)CC1. The number of hydrogen-bond acceptors (Lipinski definition) is 5. The average Bonchev–Trinajstić information content (AvgIpc) is 2.52. The second kappa shape index (κ2) is 8.38. The Bertz CT molecular complexity index is 518. The van der Waals surface area contributed by atoms with E-state index < -0.39 is 0 Å². The predicted molar refractivity (Wildman–Crippen MR) is 91.9 cm³/mol. The van der Waals surface area contributed by atoms with Gasteiger partial charge in [0.2, 0.25) is 11.8 Å². The fourth-order valence-corrected chi connectivity index (χ4v) is 3.13. The smallest absolute Gasteiger partial charge is 0.227 e. The minimum absolute atomic E-state index is 0.139. The lowest BCUT2D eigenvalue weighted by molar-refractivity contribution is -0.131. The number of carbonyl (C=O) groups is 2. The van der Waals surface area contributed by atoms with Crippen molar-refractivity contribution in [1.29, 1.82) is 0 Å². The Balaban J connectivity index is 1.73. The first kappa shape index (κ1) is 17.1. The van der Waals surface area contributed by atoms with Gasteiger partial charge in [0.15, 0.2) is 0 Å². The number of nitrogens with two attached hydrogens (primary N) is 1. The molecule has 8 heteroatoms. The Morgan fingerprint density at radius 2 is 2.00 bits per heavy atom. The molecule has 0 bridgehead atoms. The van der Waals surface area contributed by atoms with Crippen LogP contribution in [-0.4, -0.2) is 59.4 Å². The lowest BCUT2D eigenvalue weighted by Gasteiger charge is -2.35. The maximum absolute atomic E-state index is 12.1. The van der Waals surface area contributed by atoms with Gasteiger partial charge in [-0.3, -0.25) is 9.59 Å². The Labute approximate surface area is 142 Å². The van der Waals surface area contributed by atoms with Crippen molar-refractivity contribution in [3.63, 3.8) is 0 Å².